The fourth-order valence-electron chi connectivity index (χ4n) is 1.81. The van der Waals surface area contributed by atoms with Gasteiger partial charge in [0.2, 0.25) is 0 Å². The lowest BCUT2D eigenvalue weighted by Gasteiger charge is -2.04. The summed E-state index contributed by atoms with van der Waals surface area (Å²) in [7, 11) is 0. The van der Waals surface area contributed by atoms with Gasteiger partial charge in [0.05, 0.1) is 24.1 Å². The zero-order chi connectivity index (χ0) is 14.5. The van der Waals surface area contributed by atoms with Gasteiger partial charge < -0.3 is 9.73 Å². The minimum atomic E-state index is -0.199. The van der Waals surface area contributed by atoms with Crippen LogP contribution in [-0.2, 0) is 6.54 Å². The molecule has 0 radical (unpaired) electrons. The maximum atomic E-state index is 12.0. The highest BCUT2D eigenvalue weighted by atomic mass is 16.3. The lowest BCUT2D eigenvalue weighted by atomic mass is 10.2. The summed E-state index contributed by atoms with van der Waals surface area (Å²) >= 11 is 0. The van der Waals surface area contributed by atoms with Crippen molar-refractivity contribution in [2.45, 2.75) is 6.54 Å². The van der Waals surface area contributed by atoms with Crippen LogP contribution in [0.2, 0.25) is 0 Å². The lowest BCUT2D eigenvalue weighted by Crippen LogP contribution is -2.22. The molecule has 21 heavy (non-hydrogen) atoms. The van der Waals surface area contributed by atoms with Gasteiger partial charge in [-0.1, -0.05) is 0 Å². The van der Waals surface area contributed by atoms with Crippen molar-refractivity contribution in [3.05, 3.63) is 66.8 Å². The molecule has 0 unspecified atom stereocenters. The maximum absolute atomic E-state index is 12.0. The normalized spacial score (nSPS) is 10.3. The number of carbonyl (C=O) groups is 1. The van der Waals surface area contributed by atoms with Gasteiger partial charge in [-0.15, -0.1) is 0 Å². The molecule has 0 saturated heterocycles. The van der Waals surface area contributed by atoms with Gasteiger partial charge in [0.15, 0.2) is 0 Å². The third-order valence-corrected chi connectivity index (χ3v) is 2.89. The van der Waals surface area contributed by atoms with Crippen LogP contribution < -0.4 is 5.32 Å². The van der Waals surface area contributed by atoms with E-state index in [0.717, 1.165) is 11.3 Å². The summed E-state index contributed by atoms with van der Waals surface area (Å²) in [6.45, 7) is 0.347. The molecule has 0 aliphatic carbocycles. The van der Waals surface area contributed by atoms with Crippen molar-refractivity contribution in [3.63, 3.8) is 0 Å². The molecule has 0 bridgehead atoms. The quantitative estimate of drug-likeness (QED) is 0.791. The minimum absolute atomic E-state index is 0.199. The number of nitrogens with zero attached hydrogens (tertiary/aromatic N) is 3. The first kappa shape index (κ1) is 13.0. The molecule has 1 N–H and O–H groups in total. The third kappa shape index (κ3) is 3.11. The molecule has 0 spiro atoms. The van der Waals surface area contributed by atoms with Gasteiger partial charge >= 0.3 is 0 Å². The van der Waals surface area contributed by atoms with Crippen LogP contribution in [0.1, 0.15) is 16.1 Å². The molecule has 1 amide bonds. The summed E-state index contributed by atoms with van der Waals surface area (Å²) in [5, 5.41) is 2.76. The van der Waals surface area contributed by atoms with E-state index in [1.807, 2.05) is 0 Å². The average Bonchev–Trinajstić information content (AvgIpc) is 3.07. The van der Waals surface area contributed by atoms with Crippen molar-refractivity contribution in [1.29, 1.82) is 0 Å². The van der Waals surface area contributed by atoms with Crippen molar-refractivity contribution in [1.82, 2.24) is 20.3 Å². The molecule has 104 valence electrons. The van der Waals surface area contributed by atoms with E-state index in [9.17, 15) is 4.79 Å². The van der Waals surface area contributed by atoms with Crippen LogP contribution in [0.5, 0.6) is 0 Å². The molecule has 0 saturated carbocycles. The Morgan fingerprint density at radius 2 is 2.00 bits per heavy atom. The molecule has 3 aromatic rings. The summed E-state index contributed by atoms with van der Waals surface area (Å²) in [4.78, 5) is 24.1. The van der Waals surface area contributed by atoms with Crippen molar-refractivity contribution < 1.29 is 9.21 Å². The van der Waals surface area contributed by atoms with Crippen molar-refractivity contribution in [2.24, 2.45) is 0 Å². The molecule has 0 fully saturated rings. The van der Waals surface area contributed by atoms with Gasteiger partial charge in [-0.2, -0.15) is 0 Å². The molecule has 0 atom stereocenters. The minimum Gasteiger partial charge on any atom is -0.467 e. The number of furan rings is 1. The summed E-state index contributed by atoms with van der Waals surface area (Å²) in [5.41, 5.74) is 2.01. The Hall–Kier alpha value is -3.02. The second kappa shape index (κ2) is 5.96. The van der Waals surface area contributed by atoms with Gasteiger partial charge in [0.25, 0.3) is 5.91 Å². The molecular formula is C15H12N4O2. The molecule has 0 aliphatic rings. The summed E-state index contributed by atoms with van der Waals surface area (Å²) in [6.07, 6.45) is 7.90. The molecule has 3 heterocycles. The van der Waals surface area contributed by atoms with E-state index < -0.39 is 0 Å². The predicted octanol–water partition coefficient (Wildman–Crippen LogP) is 2.06. The molecule has 6 heteroatoms. The fraction of sp³-hybridized carbons (Fsp3) is 0.0667. The van der Waals surface area contributed by atoms with Crippen LogP contribution in [0.4, 0.5) is 0 Å². The summed E-state index contributed by atoms with van der Waals surface area (Å²) in [5.74, 6) is 0.504. The third-order valence-electron chi connectivity index (χ3n) is 2.89. The number of rotatable bonds is 4. The molecule has 3 aromatic heterocycles. The topological polar surface area (TPSA) is 80.9 Å². The maximum Gasteiger partial charge on any atom is 0.253 e. The number of pyridine rings is 1. The van der Waals surface area contributed by atoms with Crippen LogP contribution in [0.3, 0.4) is 0 Å². The number of aromatic nitrogens is 3. The first-order valence-electron chi connectivity index (χ1n) is 6.35. The predicted molar refractivity (Wildman–Crippen MR) is 75.1 cm³/mol. The average molecular weight is 280 g/mol. The Morgan fingerprint density at radius 1 is 1.14 bits per heavy atom. The van der Waals surface area contributed by atoms with Gasteiger partial charge in [-0.3, -0.25) is 9.78 Å². The Kier molecular flexibility index (Phi) is 3.68. The Morgan fingerprint density at radius 3 is 2.67 bits per heavy atom. The van der Waals surface area contributed by atoms with Crippen molar-refractivity contribution in [2.75, 3.05) is 0 Å². The Labute approximate surface area is 120 Å². The van der Waals surface area contributed by atoms with E-state index in [2.05, 4.69) is 20.3 Å². The van der Waals surface area contributed by atoms with Crippen LogP contribution in [0.25, 0.3) is 11.3 Å². The highest BCUT2D eigenvalue weighted by Gasteiger charge is 2.07. The van der Waals surface area contributed by atoms with E-state index in [1.165, 1.54) is 12.5 Å². The first-order chi connectivity index (χ1) is 10.3. The largest absolute Gasteiger partial charge is 0.467 e. The van der Waals surface area contributed by atoms with E-state index in [4.69, 9.17) is 4.42 Å². The van der Waals surface area contributed by atoms with Gasteiger partial charge in [-0.25, -0.2) is 9.97 Å². The summed E-state index contributed by atoms with van der Waals surface area (Å²) < 4.78 is 5.15. The zero-order valence-electron chi connectivity index (χ0n) is 11.1. The second-order valence-electron chi connectivity index (χ2n) is 4.32. The smallest absolute Gasteiger partial charge is 0.253 e. The van der Waals surface area contributed by atoms with Crippen LogP contribution in [0.15, 0.2) is 59.9 Å². The van der Waals surface area contributed by atoms with Crippen LogP contribution in [0, 0.1) is 0 Å². The molecule has 3 rings (SSSR count). The summed E-state index contributed by atoms with van der Waals surface area (Å²) in [6, 6.07) is 7.06. The highest BCUT2D eigenvalue weighted by Crippen LogP contribution is 2.14. The fourth-order valence-corrected chi connectivity index (χ4v) is 1.81. The van der Waals surface area contributed by atoms with Crippen molar-refractivity contribution in [3.8, 4) is 11.3 Å². The molecule has 0 aliphatic heterocycles. The van der Waals surface area contributed by atoms with E-state index in [1.54, 1.807) is 42.9 Å². The molecule has 6 nitrogen and oxygen atoms in total. The number of hydrogen-bond acceptors (Lipinski definition) is 5. The Bertz CT molecular complexity index is 709. The van der Waals surface area contributed by atoms with Gasteiger partial charge in [-0.05, 0) is 24.3 Å². The number of hydrogen-bond donors (Lipinski definition) is 1. The monoisotopic (exact) mass is 280 g/mol. The van der Waals surface area contributed by atoms with Gasteiger partial charge in [0.1, 0.15) is 12.1 Å². The van der Waals surface area contributed by atoms with E-state index in [0.29, 0.717) is 17.9 Å². The van der Waals surface area contributed by atoms with E-state index in [-0.39, 0.29) is 5.91 Å². The number of amides is 1. The number of nitrogens with one attached hydrogen (secondary N) is 1. The molecular weight excluding hydrogens is 268 g/mol. The van der Waals surface area contributed by atoms with Crippen LogP contribution in [-0.4, -0.2) is 20.9 Å². The molecule has 0 aromatic carbocycles. The van der Waals surface area contributed by atoms with Crippen molar-refractivity contribution >= 4 is 5.91 Å². The lowest BCUT2D eigenvalue weighted by molar-refractivity contribution is 0.0947. The highest BCUT2D eigenvalue weighted by molar-refractivity contribution is 5.94. The first-order valence-corrected chi connectivity index (χ1v) is 6.35. The number of carbonyl (C=O) groups excluding carboxylic acids is 1. The Balaban J connectivity index is 1.67. The van der Waals surface area contributed by atoms with Crippen LogP contribution >= 0.6 is 0 Å². The SMILES string of the molecule is O=C(NCc1ccco1)c1ccc(-c2cncnc2)nc1. The van der Waals surface area contributed by atoms with Gasteiger partial charge in [0, 0.05) is 24.2 Å². The van der Waals surface area contributed by atoms with E-state index >= 15 is 0 Å². The second-order valence-corrected chi connectivity index (χ2v) is 4.32. The zero-order valence-corrected chi connectivity index (χ0v) is 11.1. The standard InChI is InChI=1S/C15H12N4O2/c20-15(19-9-13-2-1-5-21-13)11-3-4-14(18-8-11)12-6-16-10-17-7-12/h1-8,10H,9H2,(H,19,20).